The van der Waals surface area contributed by atoms with Gasteiger partial charge in [-0.1, -0.05) is 70.7 Å². The van der Waals surface area contributed by atoms with Gasteiger partial charge in [0.05, 0.1) is 0 Å². The summed E-state index contributed by atoms with van der Waals surface area (Å²) in [5.74, 6) is 0. The molecule has 0 aromatic heterocycles. The van der Waals surface area contributed by atoms with Crippen molar-refractivity contribution >= 4 is 17.5 Å². The highest BCUT2D eigenvalue weighted by atomic mass is 15.1. The number of allylic oxidation sites excluding steroid dienone is 1. The van der Waals surface area contributed by atoms with Gasteiger partial charge >= 0.3 is 0 Å². The van der Waals surface area contributed by atoms with E-state index in [1.54, 1.807) is 6.20 Å². The van der Waals surface area contributed by atoms with Gasteiger partial charge in [-0.15, -0.1) is 0 Å². The van der Waals surface area contributed by atoms with Crippen molar-refractivity contribution in [1.29, 1.82) is 0 Å². The van der Waals surface area contributed by atoms with Crippen molar-refractivity contribution in [2.45, 2.75) is 58.4 Å². The highest BCUT2D eigenvalue weighted by Gasteiger charge is 2.17. The average Bonchev–Trinajstić information content (AvgIpc) is 2.70. The maximum Gasteiger partial charge on any atom is 0.0440 e. The van der Waals surface area contributed by atoms with Gasteiger partial charge in [-0.25, -0.2) is 0 Å². The quantitative estimate of drug-likeness (QED) is 0.333. The molecule has 0 aliphatic heterocycles. The van der Waals surface area contributed by atoms with Crippen LogP contribution < -0.4 is 10.6 Å². The lowest BCUT2D eigenvalue weighted by molar-refractivity contribution is 0.351. The Bertz CT molecular complexity index is 660. The van der Waals surface area contributed by atoms with Crippen molar-refractivity contribution in [1.82, 2.24) is 10.2 Å². The molecule has 0 saturated carbocycles. The molecule has 0 aliphatic rings. The molecule has 0 fully saturated rings. The predicted octanol–water partition coefficient (Wildman–Crippen LogP) is 6.64. The van der Waals surface area contributed by atoms with Crippen LogP contribution in [0.4, 0.5) is 5.69 Å². The van der Waals surface area contributed by atoms with Crippen molar-refractivity contribution < 1.29 is 0 Å². The number of anilines is 1. The van der Waals surface area contributed by atoms with Crippen LogP contribution >= 0.6 is 0 Å². The third kappa shape index (κ3) is 7.30. The molecule has 3 heteroatoms. The molecule has 0 radical (unpaired) electrons. The number of rotatable bonds is 15. The Balaban J connectivity index is 2.86. The van der Waals surface area contributed by atoms with Crippen molar-refractivity contribution in [3.05, 3.63) is 67.5 Å². The molecular formula is C25H39N3. The van der Waals surface area contributed by atoms with Crippen molar-refractivity contribution in [3.8, 4) is 0 Å². The Labute approximate surface area is 172 Å². The fraction of sp³-hybridized carbons (Fsp3) is 0.440. The van der Waals surface area contributed by atoms with E-state index in [4.69, 9.17) is 0 Å². The monoisotopic (exact) mass is 381 g/mol. The van der Waals surface area contributed by atoms with E-state index in [1.165, 1.54) is 25.7 Å². The number of hydrogen-bond acceptors (Lipinski definition) is 3. The van der Waals surface area contributed by atoms with E-state index >= 15 is 0 Å². The topological polar surface area (TPSA) is 27.3 Å². The zero-order valence-electron chi connectivity index (χ0n) is 18.2. The summed E-state index contributed by atoms with van der Waals surface area (Å²) in [5, 5.41) is 6.69. The van der Waals surface area contributed by atoms with Crippen LogP contribution in [0.2, 0.25) is 0 Å². The number of unbranched alkanes of at least 4 members (excludes halogenated alkanes) is 3. The molecule has 0 saturated heterocycles. The standard InChI is InChI=1S/C25H39N3/c1-8-11-12-13-19-27-24-16-14-15-23(9-2)25(24)22(6)28(7)21(5)18-17-20(4)26-10-3/h9-10,14-16,21,26-27H,2-4,6,8,11-13,17-19H2,1,5,7H3. The third-order valence-corrected chi connectivity index (χ3v) is 5.21. The highest BCUT2D eigenvalue weighted by molar-refractivity contribution is 5.81. The predicted molar refractivity (Wildman–Crippen MR) is 127 cm³/mol. The van der Waals surface area contributed by atoms with Crippen LogP contribution in [0.1, 0.15) is 63.5 Å². The van der Waals surface area contributed by atoms with Gasteiger partial charge in [0.15, 0.2) is 0 Å². The largest absolute Gasteiger partial charge is 0.384 e. The summed E-state index contributed by atoms with van der Waals surface area (Å²) in [6, 6.07) is 6.66. The van der Waals surface area contributed by atoms with E-state index in [9.17, 15) is 0 Å². The number of hydrogen-bond donors (Lipinski definition) is 2. The summed E-state index contributed by atoms with van der Waals surface area (Å²) in [6.07, 6.45) is 10.5. The summed E-state index contributed by atoms with van der Waals surface area (Å²) in [6.45, 7) is 21.6. The maximum absolute atomic E-state index is 4.42. The van der Waals surface area contributed by atoms with Gasteiger partial charge in [0.25, 0.3) is 0 Å². The second kappa shape index (κ2) is 12.9. The molecule has 1 atom stereocenters. The Kier molecular flexibility index (Phi) is 10.9. The minimum atomic E-state index is 0.339. The Hall–Kier alpha value is -2.42. The minimum absolute atomic E-state index is 0.339. The summed E-state index contributed by atoms with van der Waals surface area (Å²) in [4.78, 5) is 2.26. The number of nitrogens with zero attached hydrogens (tertiary/aromatic N) is 1. The SMILES string of the molecule is C=CNC(=C)CCC(C)N(C)C(=C)c1c(C=C)cccc1NCCCCCC. The average molecular weight is 382 g/mol. The van der Waals surface area contributed by atoms with Gasteiger partial charge in [0.1, 0.15) is 0 Å². The normalized spacial score (nSPS) is 11.4. The molecule has 0 bridgehead atoms. The van der Waals surface area contributed by atoms with Gasteiger partial charge < -0.3 is 15.5 Å². The molecule has 1 aromatic carbocycles. The van der Waals surface area contributed by atoms with E-state index in [-0.39, 0.29) is 0 Å². The first-order chi connectivity index (χ1) is 13.5. The lowest BCUT2D eigenvalue weighted by atomic mass is 10.00. The number of nitrogens with one attached hydrogen (secondary N) is 2. The molecule has 0 spiro atoms. The fourth-order valence-electron chi connectivity index (χ4n) is 3.22. The summed E-state index contributed by atoms with van der Waals surface area (Å²) in [7, 11) is 2.11. The first-order valence-corrected chi connectivity index (χ1v) is 10.4. The molecule has 28 heavy (non-hydrogen) atoms. The highest BCUT2D eigenvalue weighted by Crippen LogP contribution is 2.31. The molecule has 0 aliphatic carbocycles. The van der Waals surface area contributed by atoms with Gasteiger partial charge in [-0.05, 0) is 44.0 Å². The van der Waals surface area contributed by atoms with Gasteiger partial charge in [-0.3, -0.25) is 0 Å². The first kappa shape index (κ1) is 23.6. The van der Waals surface area contributed by atoms with Gasteiger partial charge in [0, 0.05) is 42.3 Å². The van der Waals surface area contributed by atoms with Crippen molar-refractivity contribution in [2.75, 3.05) is 18.9 Å². The van der Waals surface area contributed by atoms with E-state index in [0.717, 1.165) is 47.6 Å². The molecule has 2 N–H and O–H groups in total. The smallest absolute Gasteiger partial charge is 0.0440 e. The molecule has 1 unspecified atom stereocenters. The molecule has 0 heterocycles. The van der Waals surface area contributed by atoms with Gasteiger partial charge in [-0.2, -0.15) is 0 Å². The van der Waals surface area contributed by atoms with E-state index in [2.05, 4.69) is 80.9 Å². The first-order valence-electron chi connectivity index (χ1n) is 10.4. The molecule has 154 valence electrons. The van der Waals surface area contributed by atoms with E-state index in [1.807, 2.05) is 6.08 Å². The lowest BCUT2D eigenvalue weighted by Gasteiger charge is -2.31. The van der Waals surface area contributed by atoms with Crippen LogP contribution in [-0.2, 0) is 0 Å². The fourth-order valence-corrected chi connectivity index (χ4v) is 3.22. The van der Waals surface area contributed by atoms with E-state index < -0.39 is 0 Å². The third-order valence-electron chi connectivity index (χ3n) is 5.21. The van der Waals surface area contributed by atoms with Crippen LogP contribution in [0.3, 0.4) is 0 Å². The summed E-state index contributed by atoms with van der Waals surface area (Å²) >= 11 is 0. The number of benzene rings is 1. The van der Waals surface area contributed by atoms with Crippen LogP contribution in [0.15, 0.2) is 56.4 Å². The molecular weight excluding hydrogens is 342 g/mol. The van der Waals surface area contributed by atoms with Crippen LogP contribution in [0, 0.1) is 0 Å². The minimum Gasteiger partial charge on any atom is -0.384 e. The van der Waals surface area contributed by atoms with Gasteiger partial charge in [0.2, 0.25) is 0 Å². The maximum atomic E-state index is 4.42. The molecule has 1 aromatic rings. The molecule has 3 nitrogen and oxygen atoms in total. The lowest BCUT2D eigenvalue weighted by Crippen LogP contribution is -2.28. The summed E-state index contributed by atoms with van der Waals surface area (Å²) in [5.41, 5.74) is 5.39. The molecule has 1 rings (SSSR count). The molecule has 0 amide bonds. The Morgan fingerprint density at radius 1 is 1.18 bits per heavy atom. The van der Waals surface area contributed by atoms with E-state index in [0.29, 0.717) is 6.04 Å². The zero-order valence-corrected chi connectivity index (χ0v) is 18.2. The Morgan fingerprint density at radius 3 is 2.57 bits per heavy atom. The Morgan fingerprint density at radius 2 is 1.93 bits per heavy atom. The van der Waals surface area contributed by atoms with Crippen LogP contribution in [-0.4, -0.2) is 24.5 Å². The second-order valence-corrected chi connectivity index (χ2v) is 7.36. The zero-order chi connectivity index (χ0) is 20.9. The summed E-state index contributed by atoms with van der Waals surface area (Å²) < 4.78 is 0. The van der Waals surface area contributed by atoms with Crippen molar-refractivity contribution in [3.63, 3.8) is 0 Å². The van der Waals surface area contributed by atoms with Crippen LogP contribution in [0.5, 0.6) is 0 Å². The van der Waals surface area contributed by atoms with Crippen molar-refractivity contribution in [2.24, 2.45) is 0 Å². The second-order valence-electron chi connectivity index (χ2n) is 7.36. The van der Waals surface area contributed by atoms with Crippen LogP contribution in [0.25, 0.3) is 11.8 Å².